The fourth-order valence-electron chi connectivity index (χ4n) is 1.61. The largest absolute Gasteiger partial charge is 0.519 e. The number of hydrogen-bond acceptors (Lipinski definition) is 5. The van der Waals surface area contributed by atoms with Gasteiger partial charge in [0, 0.05) is 12.8 Å². The van der Waals surface area contributed by atoms with Gasteiger partial charge in [0.15, 0.2) is 0 Å². The molecule has 0 aromatic carbocycles. The standard InChI is InChI=1S/C9H10O5/c1-5-2-3-6-7(4-5)13-9(11)14-8(10)12-6/h2,6-7H,3-4H2,1H3/t6-,7+/m1/s1. The van der Waals surface area contributed by atoms with Crippen LogP contribution in [0.15, 0.2) is 11.6 Å². The van der Waals surface area contributed by atoms with Gasteiger partial charge in [-0.25, -0.2) is 9.59 Å². The maximum atomic E-state index is 10.9. The van der Waals surface area contributed by atoms with Crippen molar-refractivity contribution >= 4 is 12.3 Å². The van der Waals surface area contributed by atoms with Crippen LogP contribution in [0.25, 0.3) is 0 Å². The molecule has 0 N–H and O–H groups in total. The molecule has 0 aromatic rings. The first kappa shape index (κ1) is 9.05. The van der Waals surface area contributed by atoms with Gasteiger partial charge in [0.25, 0.3) is 0 Å². The molecule has 1 heterocycles. The molecule has 0 aromatic heterocycles. The average molecular weight is 198 g/mol. The molecule has 0 radical (unpaired) electrons. The van der Waals surface area contributed by atoms with Gasteiger partial charge in [-0.3, -0.25) is 0 Å². The minimum atomic E-state index is -0.976. The van der Waals surface area contributed by atoms with Gasteiger partial charge in [0.1, 0.15) is 12.2 Å². The molecule has 1 aliphatic carbocycles. The van der Waals surface area contributed by atoms with Crippen molar-refractivity contribution in [1.29, 1.82) is 0 Å². The first-order valence-electron chi connectivity index (χ1n) is 4.40. The van der Waals surface area contributed by atoms with Gasteiger partial charge >= 0.3 is 12.3 Å². The van der Waals surface area contributed by atoms with Crippen molar-refractivity contribution in [2.45, 2.75) is 32.0 Å². The molecule has 1 fully saturated rings. The Balaban J connectivity index is 2.16. The highest BCUT2D eigenvalue weighted by atomic mass is 16.8. The number of cyclic esters (lactones) is 2. The number of carbonyl (C=O) groups excluding carboxylic acids is 2. The molecule has 0 bridgehead atoms. The average Bonchev–Trinajstić information content (AvgIpc) is 2.21. The summed E-state index contributed by atoms with van der Waals surface area (Å²) >= 11 is 0. The minimum absolute atomic E-state index is 0.404. The Hall–Kier alpha value is -1.52. The van der Waals surface area contributed by atoms with Crippen LogP contribution in [0, 0.1) is 0 Å². The minimum Gasteiger partial charge on any atom is -0.426 e. The van der Waals surface area contributed by atoms with Crippen LogP contribution in [-0.4, -0.2) is 24.5 Å². The van der Waals surface area contributed by atoms with E-state index in [9.17, 15) is 9.59 Å². The summed E-state index contributed by atoms with van der Waals surface area (Å²) in [4.78, 5) is 21.8. The van der Waals surface area contributed by atoms with E-state index in [1.807, 2.05) is 13.0 Å². The molecule has 0 unspecified atom stereocenters. The van der Waals surface area contributed by atoms with E-state index >= 15 is 0 Å². The molecule has 14 heavy (non-hydrogen) atoms. The maximum Gasteiger partial charge on any atom is 0.519 e. The topological polar surface area (TPSA) is 61.8 Å². The van der Waals surface area contributed by atoms with Crippen molar-refractivity contribution in [3.05, 3.63) is 11.6 Å². The second kappa shape index (κ2) is 3.32. The third-order valence-electron chi connectivity index (χ3n) is 2.30. The molecular weight excluding hydrogens is 188 g/mol. The fraction of sp³-hybridized carbons (Fsp3) is 0.556. The lowest BCUT2D eigenvalue weighted by molar-refractivity contribution is 0.0111. The molecule has 76 valence electrons. The Morgan fingerprint density at radius 3 is 2.57 bits per heavy atom. The van der Waals surface area contributed by atoms with Crippen LogP contribution in [0.3, 0.4) is 0 Å². The summed E-state index contributed by atoms with van der Waals surface area (Å²) in [6.45, 7) is 1.94. The molecule has 5 heteroatoms. The van der Waals surface area contributed by atoms with Gasteiger partial charge in [-0.15, -0.1) is 0 Å². The predicted octanol–water partition coefficient (Wildman–Crippen LogP) is 1.77. The lowest BCUT2D eigenvalue weighted by atomic mass is 9.95. The Morgan fingerprint density at radius 2 is 1.86 bits per heavy atom. The van der Waals surface area contributed by atoms with E-state index in [2.05, 4.69) is 4.74 Å². The molecule has 0 saturated carbocycles. The highest BCUT2D eigenvalue weighted by Crippen LogP contribution is 2.26. The van der Waals surface area contributed by atoms with Gasteiger partial charge in [-0.2, -0.15) is 0 Å². The van der Waals surface area contributed by atoms with E-state index in [4.69, 9.17) is 9.47 Å². The van der Waals surface area contributed by atoms with Crippen LogP contribution >= 0.6 is 0 Å². The Labute approximate surface area is 80.6 Å². The summed E-state index contributed by atoms with van der Waals surface area (Å²) in [5.74, 6) is 0. The Bertz CT molecular complexity index is 306. The molecule has 1 saturated heterocycles. The molecule has 2 atom stereocenters. The Morgan fingerprint density at radius 1 is 1.21 bits per heavy atom. The zero-order valence-corrected chi connectivity index (χ0v) is 7.69. The normalized spacial score (nSPS) is 31.6. The molecular formula is C9H10O5. The van der Waals surface area contributed by atoms with Crippen molar-refractivity contribution in [2.75, 3.05) is 0 Å². The second-order valence-corrected chi connectivity index (χ2v) is 3.40. The molecule has 0 amide bonds. The van der Waals surface area contributed by atoms with Gasteiger partial charge < -0.3 is 14.2 Å². The van der Waals surface area contributed by atoms with E-state index in [1.165, 1.54) is 0 Å². The van der Waals surface area contributed by atoms with Gasteiger partial charge in [-0.05, 0) is 6.92 Å². The first-order valence-corrected chi connectivity index (χ1v) is 4.40. The van der Waals surface area contributed by atoms with E-state index in [-0.39, 0.29) is 0 Å². The third kappa shape index (κ3) is 1.71. The first-order chi connectivity index (χ1) is 6.65. The summed E-state index contributed by atoms with van der Waals surface area (Å²) in [5, 5.41) is 0. The van der Waals surface area contributed by atoms with Crippen molar-refractivity contribution in [2.24, 2.45) is 0 Å². The van der Waals surface area contributed by atoms with Crippen molar-refractivity contribution in [3.63, 3.8) is 0 Å². The highest BCUT2D eigenvalue weighted by Gasteiger charge is 2.36. The van der Waals surface area contributed by atoms with Crippen LogP contribution in [0.1, 0.15) is 19.8 Å². The second-order valence-electron chi connectivity index (χ2n) is 3.40. The van der Waals surface area contributed by atoms with Crippen molar-refractivity contribution in [3.8, 4) is 0 Å². The predicted molar refractivity (Wildman–Crippen MR) is 44.6 cm³/mol. The molecule has 2 aliphatic rings. The SMILES string of the molecule is CC1=CC[C@H]2OC(=O)OC(=O)O[C@H]2C1. The summed E-state index contributed by atoms with van der Waals surface area (Å²) < 4.78 is 14.0. The molecule has 2 rings (SSSR count). The van der Waals surface area contributed by atoms with Gasteiger partial charge in [0.05, 0.1) is 0 Å². The molecule has 0 spiro atoms. The number of carbonyl (C=O) groups is 2. The summed E-state index contributed by atoms with van der Waals surface area (Å²) in [6, 6.07) is 0. The van der Waals surface area contributed by atoms with Crippen LogP contribution in [0.4, 0.5) is 9.59 Å². The summed E-state index contributed by atoms with van der Waals surface area (Å²) in [6.07, 6.45) is 0.365. The smallest absolute Gasteiger partial charge is 0.426 e. The monoisotopic (exact) mass is 198 g/mol. The number of fused-ring (bicyclic) bond motifs is 1. The summed E-state index contributed by atoms with van der Waals surface area (Å²) in [5.41, 5.74) is 1.12. The van der Waals surface area contributed by atoms with Crippen molar-refractivity contribution < 1.29 is 23.8 Å². The fourth-order valence-corrected chi connectivity index (χ4v) is 1.61. The quantitative estimate of drug-likeness (QED) is 0.337. The number of rotatable bonds is 0. The van der Waals surface area contributed by atoms with E-state index in [0.717, 1.165) is 5.57 Å². The number of hydrogen-bond donors (Lipinski definition) is 0. The van der Waals surface area contributed by atoms with E-state index in [1.54, 1.807) is 0 Å². The summed E-state index contributed by atoms with van der Waals surface area (Å²) in [7, 11) is 0. The lowest BCUT2D eigenvalue weighted by Crippen LogP contribution is -2.33. The third-order valence-corrected chi connectivity index (χ3v) is 2.30. The van der Waals surface area contributed by atoms with Gasteiger partial charge in [-0.1, -0.05) is 11.6 Å². The van der Waals surface area contributed by atoms with Crippen LogP contribution in [0.2, 0.25) is 0 Å². The highest BCUT2D eigenvalue weighted by molar-refractivity contribution is 5.78. The molecule has 5 nitrogen and oxygen atoms in total. The van der Waals surface area contributed by atoms with Gasteiger partial charge in [0.2, 0.25) is 0 Å². The zero-order valence-electron chi connectivity index (χ0n) is 7.69. The maximum absolute atomic E-state index is 10.9. The Kier molecular flexibility index (Phi) is 2.15. The van der Waals surface area contributed by atoms with Crippen molar-refractivity contribution in [1.82, 2.24) is 0 Å². The zero-order chi connectivity index (χ0) is 10.1. The lowest BCUT2D eigenvalue weighted by Gasteiger charge is -2.25. The van der Waals surface area contributed by atoms with E-state index in [0.29, 0.717) is 12.8 Å². The van der Waals surface area contributed by atoms with Crippen LogP contribution in [0.5, 0.6) is 0 Å². The number of ether oxygens (including phenoxy) is 3. The van der Waals surface area contributed by atoms with Crippen LogP contribution < -0.4 is 0 Å². The van der Waals surface area contributed by atoms with Crippen LogP contribution in [-0.2, 0) is 14.2 Å². The molecule has 1 aliphatic heterocycles. The van der Waals surface area contributed by atoms with E-state index < -0.39 is 24.5 Å².